The molecule has 0 saturated carbocycles. The van der Waals surface area contributed by atoms with Crippen molar-refractivity contribution in [2.24, 2.45) is 0 Å². The van der Waals surface area contributed by atoms with Crippen LogP contribution in [0.5, 0.6) is 0 Å². The second kappa shape index (κ2) is 6.98. The molecular formula is C13H16FN5OS. The Labute approximate surface area is 126 Å². The zero-order chi connectivity index (χ0) is 15.2. The smallest absolute Gasteiger partial charge is 0.319 e. The van der Waals surface area contributed by atoms with Crippen molar-refractivity contribution >= 4 is 23.9 Å². The quantitative estimate of drug-likeness (QED) is 0.743. The third kappa shape index (κ3) is 4.12. The van der Waals surface area contributed by atoms with E-state index in [0.29, 0.717) is 23.5 Å². The number of aromatic amines is 1. The number of hydrogen-bond donors (Lipinski definition) is 3. The van der Waals surface area contributed by atoms with Crippen molar-refractivity contribution in [3.05, 3.63) is 40.7 Å². The second-order valence-electron chi connectivity index (χ2n) is 4.34. The van der Waals surface area contributed by atoms with E-state index in [1.54, 1.807) is 0 Å². The number of aromatic nitrogens is 3. The summed E-state index contributed by atoms with van der Waals surface area (Å²) in [5.41, 5.74) is 0.531. The molecule has 0 bridgehead atoms. The van der Waals surface area contributed by atoms with Gasteiger partial charge in [-0.05, 0) is 36.5 Å². The van der Waals surface area contributed by atoms with Crippen molar-refractivity contribution < 1.29 is 9.18 Å². The number of rotatable bonds is 5. The first kappa shape index (κ1) is 15.2. The van der Waals surface area contributed by atoms with E-state index in [4.69, 9.17) is 12.2 Å². The third-order valence-electron chi connectivity index (χ3n) is 2.88. The molecular weight excluding hydrogens is 293 g/mol. The van der Waals surface area contributed by atoms with Gasteiger partial charge in [-0.2, -0.15) is 5.10 Å². The van der Waals surface area contributed by atoms with Crippen LogP contribution in [0.1, 0.15) is 12.7 Å². The summed E-state index contributed by atoms with van der Waals surface area (Å²) in [6.07, 6.45) is 0.759. The van der Waals surface area contributed by atoms with E-state index in [-0.39, 0.29) is 11.8 Å². The van der Waals surface area contributed by atoms with Crippen LogP contribution in [0, 0.1) is 10.6 Å². The Bertz CT molecular complexity index is 664. The molecule has 0 fully saturated rings. The Morgan fingerprint density at radius 1 is 1.43 bits per heavy atom. The normalized spacial score (nSPS) is 10.4. The molecule has 1 aromatic carbocycles. The van der Waals surface area contributed by atoms with Crippen molar-refractivity contribution in [2.45, 2.75) is 19.9 Å². The fourth-order valence-corrected chi connectivity index (χ4v) is 2.08. The molecule has 0 saturated heterocycles. The highest BCUT2D eigenvalue weighted by molar-refractivity contribution is 7.71. The summed E-state index contributed by atoms with van der Waals surface area (Å²) in [5, 5.41) is 12.1. The van der Waals surface area contributed by atoms with Gasteiger partial charge in [-0.3, -0.25) is 5.10 Å². The highest BCUT2D eigenvalue weighted by Crippen LogP contribution is 2.07. The summed E-state index contributed by atoms with van der Waals surface area (Å²) >= 11 is 5.12. The molecule has 1 heterocycles. The zero-order valence-corrected chi connectivity index (χ0v) is 12.3. The molecule has 1 aromatic heterocycles. The van der Waals surface area contributed by atoms with Crippen LogP contribution >= 0.6 is 12.2 Å². The highest BCUT2D eigenvalue weighted by atomic mass is 32.1. The summed E-state index contributed by atoms with van der Waals surface area (Å²) in [7, 11) is 0. The first-order chi connectivity index (χ1) is 10.1. The number of aryl methyl sites for hydroxylation is 1. The number of benzene rings is 1. The Kier molecular flexibility index (Phi) is 5.04. The van der Waals surface area contributed by atoms with Gasteiger partial charge in [0.2, 0.25) is 0 Å². The minimum absolute atomic E-state index is 0.345. The molecule has 0 unspecified atom stereocenters. The van der Waals surface area contributed by atoms with Gasteiger partial charge in [0.25, 0.3) is 0 Å². The van der Waals surface area contributed by atoms with E-state index in [1.165, 1.54) is 24.3 Å². The highest BCUT2D eigenvalue weighted by Gasteiger charge is 2.05. The van der Waals surface area contributed by atoms with Crippen LogP contribution in [0.25, 0.3) is 0 Å². The Hall–Kier alpha value is -2.22. The molecule has 0 aliphatic rings. The van der Waals surface area contributed by atoms with E-state index >= 15 is 0 Å². The van der Waals surface area contributed by atoms with Crippen LogP contribution in [-0.2, 0) is 13.0 Å². The molecule has 0 spiro atoms. The van der Waals surface area contributed by atoms with Crippen LogP contribution in [0.15, 0.2) is 24.3 Å². The van der Waals surface area contributed by atoms with Gasteiger partial charge < -0.3 is 15.2 Å². The molecule has 2 amide bonds. The van der Waals surface area contributed by atoms with Crippen LogP contribution in [0.3, 0.4) is 0 Å². The van der Waals surface area contributed by atoms with Crippen LogP contribution in [0.2, 0.25) is 0 Å². The largest absolute Gasteiger partial charge is 0.336 e. The Morgan fingerprint density at radius 3 is 2.81 bits per heavy atom. The van der Waals surface area contributed by atoms with E-state index in [2.05, 4.69) is 20.8 Å². The van der Waals surface area contributed by atoms with Crippen molar-refractivity contribution in [3.8, 4) is 0 Å². The Morgan fingerprint density at radius 2 is 2.14 bits per heavy atom. The lowest BCUT2D eigenvalue weighted by Gasteiger charge is -2.09. The lowest BCUT2D eigenvalue weighted by atomic mass is 10.3. The number of carbonyl (C=O) groups is 1. The molecule has 112 valence electrons. The van der Waals surface area contributed by atoms with Crippen molar-refractivity contribution in [3.63, 3.8) is 0 Å². The van der Waals surface area contributed by atoms with E-state index < -0.39 is 0 Å². The summed E-state index contributed by atoms with van der Waals surface area (Å²) in [6, 6.07) is 5.21. The van der Waals surface area contributed by atoms with Gasteiger partial charge in [0.15, 0.2) is 4.77 Å². The number of amides is 2. The summed E-state index contributed by atoms with van der Waals surface area (Å²) < 4.78 is 15.1. The summed E-state index contributed by atoms with van der Waals surface area (Å²) in [6.45, 7) is 2.93. The molecule has 0 radical (unpaired) electrons. The maximum Gasteiger partial charge on any atom is 0.319 e. The zero-order valence-electron chi connectivity index (χ0n) is 11.5. The minimum Gasteiger partial charge on any atom is -0.336 e. The van der Waals surface area contributed by atoms with Gasteiger partial charge >= 0.3 is 6.03 Å². The molecule has 2 rings (SSSR count). The molecule has 0 atom stereocenters. The second-order valence-corrected chi connectivity index (χ2v) is 4.72. The molecule has 8 heteroatoms. The average Bonchev–Trinajstić information content (AvgIpc) is 2.82. The fraction of sp³-hybridized carbons (Fsp3) is 0.308. The van der Waals surface area contributed by atoms with E-state index in [1.807, 2.05) is 11.5 Å². The van der Waals surface area contributed by atoms with Gasteiger partial charge in [-0.25, -0.2) is 9.18 Å². The SMILES string of the molecule is CCc1n[nH]c(=S)n1CCNC(=O)Nc1ccc(F)cc1. The topological polar surface area (TPSA) is 74.7 Å². The van der Waals surface area contributed by atoms with Crippen LogP contribution in [0.4, 0.5) is 14.9 Å². The van der Waals surface area contributed by atoms with Crippen LogP contribution < -0.4 is 10.6 Å². The Balaban J connectivity index is 1.83. The maximum absolute atomic E-state index is 12.7. The summed E-state index contributed by atoms with van der Waals surface area (Å²) in [4.78, 5) is 11.7. The predicted octanol–water partition coefficient (Wildman–Crippen LogP) is 2.46. The molecule has 3 N–H and O–H groups in total. The molecule has 2 aromatic rings. The summed E-state index contributed by atoms with van der Waals surface area (Å²) in [5.74, 6) is 0.503. The van der Waals surface area contributed by atoms with E-state index in [9.17, 15) is 9.18 Å². The lowest BCUT2D eigenvalue weighted by molar-refractivity contribution is 0.251. The van der Waals surface area contributed by atoms with Crippen molar-refractivity contribution in [1.82, 2.24) is 20.1 Å². The van der Waals surface area contributed by atoms with E-state index in [0.717, 1.165) is 12.2 Å². The van der Waals surface area contributed by atoms with Gasteiger partial charge in [0, 0.05) is 25.2 Å². The van der Waals surface area contributed by atoms with Gasteiger partial charge in [-0.15, -0.1) is 0 Å². The molecule has 0 aliphatic heterocycles. The first-order valence-electron chi connectivity index (χ1n) is 6.54. The number of nitrogens with zero attached hydrogens (tertiary/aromatic N) is 2. The lowest BCUT2D eigenvalue weighted by Crippen LogP contribution is -2.31. The minimum atomic E-state index is -0.352. The van der Waals surface area contributed by atoms with Crippen molar-refractivity contribution in [2.75, 3.05) is 11.9 Å². The van der Waals surface area contributed by atoms with Gasteiger partial charge in [0.1, 0.15) is 11.6 Å². The predicted molar refractivity (Wildman–Crippen MR) is 80.2 cm³/mol. The number of anilines is 1. The maximum atomic E-state index is 12.7. The van der Waals surface area contributed by atoms with Gasteiger partial charge in [0.05, 0.1) is 0 Å². The van der Waals surface area contributed by atoms with Crippen molar-refractivity contribution in [1.29, 1.82) is 0 Å². The average molecular weight is 309 g/mol. The molecule has 0 aliphatic carbocycles. The first-order valence-corrected chi connectivity index (χ1v) is 6.95. The molecule has 21 heavy (non-hydrogen) atoms. The van der Waals surface area contributed by atoms with Gasteiger partial charge in [-0.1, -0.05) is 6.92 Å². The third-order valence-corrected chi connectivity index (χ3v) is 3.19. The number of carbonyl (C=O) groups excluding carboxylic acids is 1. The standard InChI is InChI=1S/C13H16FN5OS/c1-2-11-17-18-13(21)19(11)8-7-15-12(20)16-10-5-3-9(14)4-6-10/h3-6H,2,7-8H2,1H3,(H,18,21)(H2,15,16,20). The monoisotopic (exact) mass is 309 g/mol. The number of halogens is 1. The number of urea groups is 1. The number of hydrogen-bond acceptors (Lipinski definition) is 3. The number of nitrogens with one attached hydrogen (secondary N) is 3. The van der Waals surface area contributed by atoms with Crippen LogP contribution in [-0.4, -0.2) is 27.3 Å². The number of H-pyrrole nitrogens is 1. The fourth-order valence-electron chi connectivity index (χ4n) is 1.84. The molecule has 6 nitrogen and oxygen atoms in total.